The Morgan fingerprint density at radius 1 is 1.14 bits per heavy atom. The molecule has 5 rings (SSSR count). The van der Waals surface area contributed by atoms with Gasteiger partial charge < -0.3 is 9.64 Å². The molecule has 11 nitrogen and oxygen atoms in total. The van der Waals surface area contributed by atoms with E-state index in [1.54, 1.807) is 30.3 Å². The quantitative estimate of drug-likeness (QED) is 0.401. The van der Waals surface area contributed by atoms with E-state index in [9.17, 15) is 24.5 Å². The number of hydrogen-bond acceptors (Lipinski definition) is 8. The molecule has 35 heavy (non-hydrogen) atoms. The first-order chi connectivity index (χ1) is 16.8. The number of carbonyl (C=O) groups is 3. The Hall–Kier alpha value is -3.99. The van der Waals surface area contributed by atoms with E-state index in [2.05, 4.69) is 10.2 Å². The van der Waals surface area contributed by atoms with Gasteiger partial charge in [-0.05, 0) is 42.4 Å². The number of amides is 4. The summed E-state index contributed by atoms with van der Waals surface area (Å²) in [5.74, 6) is -0.760. The number of benzene rings is 2. The van der Waals surface area contributed by atoms with E-state index in [4.69, 9.17) is 4.74 Å². The molecule has 2 aromatic carbocycles. The molecular weight excluding hydrogens is 454 g/mol. The monoisotopic (exact) mass is 479 g/mol. The highest BCUT2D eigenvalue weighted by molar-refractivity contribution is 6.30. The van der Waals surface area contributed by atoms with Gasteiger partial charge in [0.05, 0.1) is 23.8 Å². The summed E-state index contributed by atoms with van der Waals surface area (Å²) in [6, 6.07) is 9.60. The van der Waals surface area contributed by atoms with Crippen LogP contribution in [0.2, 0.25) is 0 Å². The maximum atomic E-state index is 14.2. The molecule has 3 aliphatic heterocycles. The zero-order valence-electron chi connectivity index (χ0n) is 19.4. The van der Waals surface area contributed by atoms with Crippen molar-refractivity contribution in [2.75, 3.05) is 43.1 Å². The number of anilines is 2. The maximum absolute atomic E-state index is 14.2. The van der Waals surface area contributed by atoms with Gasteiger partial charge in [0.15, 0.2) is 5.41 Å². The van der Waals surface area contributed by atoms with Crippen molar-refractivity contribution in [1.82, 2.24) is 10.2 Å². The van der Waals surface area contributed by atoms with E-state index in [0.29, 0.717) is 30.1 Å². The summed E-state index contributed by atoms with van der Waals surface area (Å²) in [5.41, 5.74) is -0.136. The summed E-state index contributed by atoms with van der Waals surface area (Å²) < 4.78 is 5.18. The fourth-order valence-corrected chi connectivity index (χ4v) is 5.43. The number of non-ortho nitro benzene ring substituents is 1. The van der Waals surface area contributed by atoms with Gasteiger partial charge in [0.25, 0.3) is 11.6 Å². The van der Waals surface area contributed by atoms with Crippen molar-refractivity contribution in [2.24, 2.45) is 5.41 Å². The van der Waals surface area contributed by atoms with Gasteiger partial charge in [-0.1, -0.05) is 6.92 Å². The minimum atomic E-state index is -1.64. The summed E-state index contributed by atoms with van der Waals surface area (Å²) in [5, 5.41) is 13.9. The van der Waals surface area contributed by atoms with E-state index in [1.807, 2.05) is 11.8 Å². The van der Waals surface area contributed by atoms with Crippen LogP contribution in [0.15, 0.2) is 42.5 Å². The molecule has 2 fully saturated rings. The van der Waals surface area contributed by atoms with Crippen LogP contribution in [0, 0.1) is 15.5 Å². The fraction of sp³-hybridized carbons (Fsp3) is 0.375. The number of nitrogens with zero attached hydrogens (tertiary/aromatic N) is 4. The third kappa shape index (κ3) is 3.42. The summed E-state index contributed by atoms with van der Waals surface area (Å²) in [4.78, 5) is 56.8. The second-order valence-corrected chi connectivity index (χ2v) is 8.92. The second-order valence-electron chi connectivity index (χ2n) is 8.92. The van der Waals surface area contributed by atoms with Gasteiger partial charge in [-0.3, -0.25) is 29.9 Å². The number of nitro benzene ring substituents is 1. The third-order valence-corrected chi connectivity index (χ3v) is 7.28. The van der Waals surface area contributed by atoms with Crippen LogP contribution in [0.3, 0.4) is 0 Å². The highest BCUT2D eigenvalue weighted by Crippen LogP contribution is 2.47. The number of nitrogens with one attached hydrogen (secondary N) is 1. The van der Waals surface area contributed by atoms with Crippen LogP contribution in [0.5, 0.6) is 5.75 Å². The Bertz CT molecular complexity index is 1230. The number of likely N-dealkylation sites (N-methyl/N-ethyl adjacent to an activating group) is 1. The van der Waals surface area contributed by atoms with E-state index in [0.717, 1.165) is 23.7 Å². The Morgan fingerprint density at radius 2 is 1.89 bits per heavy atom. The molecule has 3 aliphatic rings. The average molecular weight is 479 g/mol. The Morgan fingerprint density at radius 3 is 2.54 bits per heavy atom. The van der Waals surface area contributed by atoms with Crippen molar-refractivity contribution in [2.45, 2.75) is 19.4 Å². The molecule has 0 bridgehead atoms. The fourth-order valence-electron chi connectivity index (χ4n) is 5.43. The molecule has 0 aromatic heterocycles. The van der Waals surface area contributed by atoms with Crippen LogP contribution in [0.4, 0.5) is 21.9 Å². The molecule has 1 N–H and O–H groups in total. The van der Waals surface area contributed by atoms with Crippen molar-refractivity contribution in [3.8, 4) is 5.75 Å². The van der Waals surface area contributed by atoms with Gasteiger partial charge in [-0.15, -0.1) is 0 Å². The van der Waals surface area contributed by atoms with Crippen LogP contribution in [0.1, 0.15) is 12.5 Å². The Labute approximate surface area is 201 Å². The molecular formula is C24H25N5O6. The van der Waals surface area contributed by atoms with Crippen molar-refractivity contribution in [1.29, 1.82) is 0 Å². The molecule has 0 aliphatic carbocycles. The number of urea groups is 1. The molecule has 0 saturated carbocycles. The SMILES string of the molecule is CCN1CCN2c3ccc([N+](=O)[O-])cc3C[C@]3(C(=O)NC(=O)N(c4ccc(OC)cc4)C3=O)[C@@H]2C1. The first kappa shape index (κ1) is 22.8. The van der Waals surface area contributed by atoms with Crippen LogP contribution >= 0.6 is 0 Å². The van der Waals surface area contributed by atoms with Crippen molar-refractivity contribution >= 4 is 34.9 Å². The summed E-state index contributed by atoms with van der Waals surface area (Å²) >= 11 is 0. The minimum Gasteiger partial charge on any atom is -0.497 e. The van der Waals surface area contributed by atoms with Crippen LogP contribution in [-0.2, 0) is 16.0 Å². The number of carbonyl (C=O) groups excluding carboxylic acids is 3. The number of ether oxygens (including phenoxy) is 1. The van der Waals surface area contributed by atoms with Crippen molar-refractivity contribution < 1.29 is 24.0 Å². The van der Waals surface area contributed by atoms with E-state index in [-0.39, 0.29) is 12.1 Å². The smallest absolute Gasteiger partial charge is 0.335 e. The molecule has 3 heterocycles. The highest BCUT2D eigenvalue weighted by Gasteiger charge is 2.63. The lowest BCUT2D eigenvalue weighted by atomic mass is 9.67. The largest absolute Gasteiger partial charge is 0.497 e. The van der Waals surface area contributed by atoms with Crippen LogP contribution < -0.4 is 19.9 Å². The molecule has 182 valence electrons. The number of nitro groups is 1. The van der Waals surface area contributed by atoms with Crippen LogP contribution in [-0.4, -0.2) is 67.0 Å². The molecule has 0 radical (unpaired) electrons. The number of rotatable bonds is 4. The number of methoxy groups -OCH3 is 1. The van der Waals surface area contributed by atoms with Gasteiger partial charge in [0.1, 0.15) is 5.75 Å². The van der Waals surface area contributed by atoms with Crippen molar-refractivity contribution in [3.05, 3.63) is 58.1 Å². The topological polar surface area (TPSA) is 125 Å². The maximum Gasteiger partial charge on any atom is 0.335 e. The van der Waals surface area contributed by atoms with Crippen molar-refractivity contribution in [3.63, 3.8) is 0 Å². The van der Waals surface area contributed by atoms with E-state index < -0.39 is 34.2 Å². The molecule has 2 aromatic rings. The first-order valence-electron chi connectivity index (χ1n) is 11.4. The Kier molecular flexibility index (Phi) is 5.43. The van der Waals surface area contributed by atoms with Gasteiger partial charge >= 0.3 is 6.03 Å². The second kappa shape index (κ2) is 8.35. The lowest BCUT2D eigenvalue weighted by molar-refractivity contribution is -0.384. The third-order valence-electron chi connectivity index (χ3n) is 7.28. The normalized spacial score (nSPS) is 24.2. The van der Waals surface area contributed by atoms with Gasteiger partial charge in [0, 0.05) is 43.9 Å². The molecule has 4 amide bonds. The predicted molar refractivity (Wildman–Crippen MR) is 127 cm³/mol. The van der Waals surface area contributed by atoms with E-state index in [1.165, 1.54) is 19.2 Å². The Balaban J connectivity index is 1.65. The van der Waals surface area contributed by atoms with Crippen LogP contribution in [0.25, 0.3) is 0 Å². The van der Waals surface area contributed by atoms with Gasteiger partial charge in [0.2, 0.25) is 5.91 Å². The number of fused-ring (bicyclic) bond motifs is 4. The summed E-state index contributed by atoms with van der Waals surface area (Å²) in [6.07, 6.45) is -0.0483. The van der Waals surface area contributed by atoms with Gasteiger partial charge in [-0.25, -0.2) is 9.69 Å². The molecule has 1 spiro atoms. The molecule has 2 saturated heterocycles. The standard InChI is InChI=1S/C24H25N5O6/c1-3-26-10-11-27-19-9-6-17(29(33)34)12-15(19)13-24(20(27)14-26)21(30)25-23(32)28(22(24)31)16-4-7-18(35-2)8-5-16/h4-9,12,20H,3,10-11,13-14H2,1-2H3,(H,25,30,32)/t20-,24+/m0/s1. The predicted octanol–water partition coefficient (Wildman–Crippen LogP) is 1.94. The minimum absolute atomic E-state index is 0.0483. The van der Waals surface area contributed by atoms with E-state index >= 15 is 0 Å². The molecule has 0 unspecified atom stereocenters. The number of hydrogen-bond donors (Lipinski definition) is 1. The first-order valence-corrected chi connectivity index (χ1v) is 11.4. The highest BCUT2D eigenvalue weighted by atomic mass is 16.6. The van der Waals surface area contributed by atoms with Gasteiger partial charge in [-0.2, -0.15) is 0 Å². The zero-order chi connectivity index (χ0) is 24.9. The molecule has 2 atom stereocenters. The number of imide groups is 2. The molecule has 11 heteroatoms. The lowest BCUT2D eigenvalue weighted by Gasteiger charge is -2.55. The number of piperazine rings is 1. The summed E-state index contributed by atoms with van der Waals surface area (Å²) in [7, 11) is 1.51. The lowest BCUT2D eigenvalue weighted by Crippen LogP contribution is -2.75. The number of barbiturate groups is 1. The zero-order valence-corrected chi connectivity index (χ0v) is 19.4. The summed E-state index contributed by atoms with van der Waals surface area (Å²) in [6.45, 7) is 4.46. The average Bonchev–Trinajstić information content (AvgIpc) is 2.87.